The van der Waals surface area contributed by atoms with Gasteiger partial charge in [-0.15, -0.1) is 0 Å². The molecule has 138 valence electrons. The van der Waals surface area contributed by atoms with Gasteiger partial charge in [-0.2, -0.15) is 0 Å². The molecule has 0 aromatic heterocycles. The minimum Gasteiger partial charge on any atom is -0.484 e. The highest BCUT2D eigenvalue weighted by atomic mass is 16.5. The fourth-order valence-electron chi connectivity index (χ4n) is 2.72. The van der Waals surface area contributed by atoms with Crippen molar-refractivity contribution in [1.29, 1.82) is 0 Å². The first-order chi connectivity index (χ1) is 12.0. The number of likely N-dealkylation sites (N-methyl/N-ethyl adjacent to an activating group) is 1. The Balaban J connectivity index is 1.92. The molecule has 7 nitrogen and oxygen atoms in total. The number of amides is 2. The summed E-state index contributed by atoms with van der Waals surface area (Å²) < 4.78 is 11.0. The van der Waals surface area contributed by atoms with Crippen LogP contribution >= 0.6 is 0 Å². The van der Waals surface area contributed by atoms with E-state index >= 15 is 0 Å². The van der Waals surface area contributed by atoms with Crippen LogP contribution in [0.15, 0.2) is 24.3 Å². The van der Waals surface area contributed by atoms with Crippen LogP contribution in [0.25, 0.3) is 0 Å². The Morgan fingerprint density at radius 3 is 2.80 bits per heavy atom. The normalized spacial score (nSPS) is 20.0. The zero-order valence-corrected chi connectivity index (χ0v) is 15.1. The average molecular weight is 349 g/mol. The van der Waals surface area contributed by atoms with E-state index in [1.165, 1.54) is 0 Å². The van der Waals surface area contributed by atoms with Gasteiger partial charge in [0.05, 0.1) is 12.7 Å². The van der Waals surface area contributed by atoms with Gasteiger partial charge in [0.2, 0.25) is 5.91 Å². The molecule has 7 heteroatoms. The molecular formula is C18H27N3O4. The molecular weight excluding hydrogens is 322 g/mol. The highest BCUT2D eigenvalue weighted by Gasteiger charge is 2.28. The van der Waals surface area contributed by atoms with Crippen molar-refractivity contribution in [2.45, 2.75) is 32.9 Å². The van der Waals surface area contributed by atoms with Gasteiger partial charge in [0.25, 0.3) is 5.91 Å². The summed E-state index contributed by atoms with van der Waals surface area (Å²) in [5, 5.41) is 6.01. The third-order valence-electron chi connectivity index (χ3n) is 4.18. The summed E-state index contributed by atoms with van der Waals surface area (Å²) in [5.41, 5.74) is 0.623. The molecule has 1 aliphatic rings. The van der Waals surface area contributed by atoms with Crippen LogP contribution in [0, 0.1) is 0 Å². The van der Waals surface area contributed by atoms with E-state index in [1.807, 2.05) is 20.8 Å². The van der Waals surface area contributed by atoms with Crippen LogP contribution in [0.2, 0.25) is 0 Å². The van der Waals surface area contributed by atoms with E-state index in [0.29, 0.717) is 37.7 Å². The largest absolute Gasteiger partial charge is 0.484 e. The van der Waals surface area contributed by atoms with E-state index in [1.54, 1.807) is 29.2 Å². The summed E-state index contributed by atoms with van der Waals surface area (Å²) in [7, 11) is 0. The fraction of sp³-hybridized carbons (Fsp3) is 0.556. The standard InChI is InChI=1S/C18H27N3O4/c1-4-21(5-2)16(22)12-25-15-8-6-7-14(11-15)20-18(23)17-13(3)24-10-9-19-17/h6-8,11,13,17,19H,4-5,9-10,12H2,1-3H3,(H,20,23)/t13-,17+/m1/s1. The highest BCUT2D eigenvalue weighted by molar-refractivity contribution is 5.95. The van der Waals surface area contributed by atoms with Gasteiger partial charge in [-0.1, -0.05) is 6.07 Å². The molecule has 0 radical (unpaired) electrons. The lowest BCUT2D eigenvalue weighted by Gasteiger charge is -2.29. The molecule has 25 heavy (non-hydrogen) atoms. The first kappa shape index (κ1) is 19.2. The van der Waals surface area contributed by atoms with Crippen molar-refractivity contribution in [2.24, 2.45) is 0 Å². The molecule has 1 aliphatic heterocycles. The van der Waals surface area contributed by atoms with Crippen LogP contribution in [0.3, 0.4) is 0 Å². The quantitative estimate of drug-likeness (QED) is 0.774. The molecule has 1 fully saturated rings. The molecule has 1 aromatic rings. The lowest BCUT2D eigenvalue weighted by Crippen LogP contribution is -2.53. The topological polar surface area (TPSA) is 79.9 Å². The van der Waals surface area contributed by atoms with Gasteiger partial charge in [-0.05, 0) is 32.9 Å². The number of hydrogen-bond acceptors (Lipinski definition) is 5. The first-order valence-corrected chi connectivity index (χ1v) is 8.71. The molecule has 1 aromatic carbocycles. The highest BCUT2D eigenvalue weighted by Crippen LogP contribution is 2.18. The number of anilines is 1. The van der Waals surface area contributed by atoms with Crippen LogP contribution in [-0.4, -0.2) is 61.7 Å². The predicted molar refractivity (Wildman–Crippen MR) is 95.7 cm³/mol. The maximum Gasteiger partial charge on any atom is 0.260 e. The predicted octanol–water partition coefficient (Wildman–Crippen LogP) is 1.25. The van der Waals surface area contributed by atoms with Crippen molar-refractivity contribution in [2.75, 3.05) is 38.2 Å². The SMILES string of the molecule is CCN(CC)C(=O)COc1cccc(NC(=O)[C@H]2NCCO[C@@H]2C)c1. The fourth-order valence-corrected chi connectivity index (χ4v) is 2.72. The monoisotopic (exact) mass is 349 g/mol. The summed E-state index contributed by atoms with van der Waals surface area (Å²) in [4.78, 5) is 26.1. The molecule has 0 saturated carbocycles. The Kier molecular flexibility index (Phi) is 7.21. The minimum absolute atomic E-state index is 0.0197. The van der Waals surface area contributed by atoms with E-state index in [-0.39, 0.29) is 30.6 Å². The number of nitrogens with zero attached hydrogens (tertiary/aromatic N) is 1. The number of nitrogens with one attached hydrogen (secondary N) is 2. The van der Waals surface area contributed by atoms with E-state index in [9.17, 15) is 9.59 Å². The van der Waals surface area contributed by atoms with Gasteiger partial charge in [-0.3, -0.25) is 9.59 Å². The van der Waals surface area contributed by atoms with Crippen molar-refractivity contribution in [1.82, 2.24) is 10.2 Å². The summed E-state index contributed by atoms with van der Waals surface area (Å²) in [6.07, 6.45) is -0.181. The smallest absolute Gasteiger partial charge is 0.260 e. The van der Waals surface area contributed by atoms with Crippen LogP contribution in [-0.2, 0) is 14.3 Å². The molecule has 0 unspecified atom stereocenters. The minimum atomic E-state index is -0.387. The van der Waals surface area contributed by atoms with Crippen molar-refractivity contribution >= 4 is 17.5 Å². The maximum absolute atomic E-state index is 12.4. The molecule has 2 atom stereocenters. The summed E-state index contributed by atoms with van der Waals surface area (Å²) in [6.45, 7) is 8.28. The van der Waals surface area contributed by atoms with Crippen molar-refractivity contribution in [3.05, 3.63) is 24.3 Å². The van der Waals surface area contributed by atoms with Gasteiger partial charge in [0.15, 0.2) is 6.61 Å². The number of carbonyl (C=O) groups excluding carboxylic acids is 2. The Morgan fingerprint density at radius 1 is 1.36 bits per heavy atom. The molecule has 0 bridgehead atoms. The van der Waals surface area contributed by atoms with Crippen molar-refractivity contribution < 1.29 is 19.1 Å². The zero-order valence-electron chi connectivity index (χ0n) is 15.1. The lowest BCUT2D eigenvalue weighted by atomic mass is 10.1. The second-order valence-electron chi connectivity index (χ2n) is 5.88. The van der Waals surface area contributed by atoms with E-state index < -0.39 is 0 Å². The summed E-state index contributed by atoms with van der Waals surface area (Å²) >= 11 is 0. The number of hydrogen-bond donors (Lipinski definition) is 2. The Labute approximate surface area is 148 Å². The van der Waals surface area contributed by atoms with E-state index in [4.69, 9.17) is 9.47 Å². The Morgan fingerprint density at radius 2 is 2.12 bits per heavy atom. The summed E-state index contributed by atoms with van der Waals surface area (Å²) in [5.74, 6) is 0.333. The molecule has 0 aliphatic carbocycles. The van der Waals surface area contributed by atoms with Crippen LogP contribution in [0.5, 0.6) is 5.75 Å². The average Bonchev–Trinajstić information content (AvgIpc) is 2.61. The molecule has 1 heterocycles. The molecule has 1 saturated heterocycles. The number of carbonyl (C=O) groups is 2. The van der Waals surface area contributed by atoms with E-state index in [0.717, 1.165) is 0 Å². The van der Waals surface area contributed by atoms with Crippen LogP contribution in [0.4, 0.5) is 5.69 Å². The second kappa shape index (κ2) is 9.39. The van der Waals surface area contributed by atoms with Gasteiger partial charge >= 0.3 is 0 Å². The Hall–Kier alpha value is -2.12. The van der Waals surface area contributed by atoms with Crippen molar-refractivity contribution in [3.63, 3.8) is 0 Å². The molecule has 2 N–H and O–H groups in total. The van der Waals surface area contributed by atoms with Crippen LogP contribution < -0.4 is 15.4 Å². The molecule has 0 spiro atoms. The number of morpholine rings is 1. The van der Waals surface area contributed by atoms with Gasteiger partial charge in [0, 0.05) is 31.4 Å². The third kappa shape index (κ3) is 5.44. The maximum atomic E-state index is 12.4. The Bertz CT molecular complexity index is 589. The van der Waals surface area contributed by atoms with Crippen LogP contribution in [0.1, 0.15) is 20.8 Å². The third-order valence-corrected chi connectivity index (χ3v) is 4.18. The summed E-state index contributed by atoms with van der Waals surface area (Å²) in [6, 6.07) is 6.65. The molecule has 2 rings (SSSR count). The number of rotatable bonds is 7. The number of ether oxygens (including phenoxy) is 2. The van der Waals surface area contributed by atoms with E-state index in [2.05, 4.69) is 10.6 Å². The lowest BCUT2D eigenvalue weighted by molar-refractivity contribution is -0.133. The number of benzene rings is 1. The van der Waals surface area contributed by atoms with Gasteiger partial charge in [-0.25, -0.2) is 0 Å². The second-order valence-corrected chi connectivity index (χ2v) is 5.88. The van der Waals surface area contributed by atoms with Crippen molar-refractivity contribution in [3.8, 4) is 5.75 Å². The molecule has 2 amide bonds. The zero-order chi connectivity index (χ0) is 18.2. The van der Waals surface area contributed by atoms with Gasteiger partial charge in [0.1, 0.15) is 11.8 Å². The first-order valence-electron chi connectivity index (χ1n) is 8.71. The van der Waals surface area contributed by atoms with Gasteiger partial charge < -0.3 is 25.0 Å².